The van der Waals surface area contributed by atoms with Crippen molar-refractivity contribution >= 4 is 28.8 Å². The molecule has 0 radical (unpaired) electrons. The van der Waals surface area contributed by atoms with Gasteiger partial charge in [0.15, 0.2) is 5.82 Å². The molecule has 2 aromatic rings. The summed E-state index contributed by atoms with van der Waals surface area (Å²) in [5.41, 5.74) is 5.92. The zero-order valence-electron chi connectivity index (χ0n) is 9.34. The van der Waals surface area contributed by atoms with Crippen molar-refractivity contribution in [1.29, 1.82) is 0 Å². The number of rotatable bonds is 2. The number of aryl methyl sites for hydroxylation is 1. The van der Waals surface area contributed by atoms with Crippen LogP contribution < -0.4 is 11.1 Å². The second-order valence-corrected chi connectivity index (χ2v) is 3.99. The molecule has 0 saturated carbocycles. The molecule has 0 aliphatic carbocycles. The lowest BCUT2D eigenvalue weighted by Crippen LogP contribution is -2.03. The number of hydrogen-bond acceptors (Lipinski definition) is 4. The van der Waals surface area contributed by atoms with Crippen LogP contribution in [0.1, 0.15) is 5.56 Å². The topological polar surface area (TPSA) is 63.8 Å². The second-order valence-electron chi connectivity index (χ2n) is 3.65. The average Bonchev–Trinajstić information content (AvgIpc) is 2.30. The van der Waals surface area contributed by atoms with E-state index in [-0.39, 0.29) is 28.0 Å². The molecule has 18 heavy (non-hydrogen) atoms. The van der Waals surface area contributed by atoms with Crippen molar-refractivity contribution < 1.29 is 8.78 Å². The van der Waals surface area contributed by atoms with Gasteiger partial charge in [0.2, 0.25) is 5.28 Å². The zero-order chi connectivity index (χ0) is 13.3. The Labute approximate surface area is 107 Å². The largest absolute Gasteiger partial charge is 0.394 e. The molecule has 0 aliphatic rings. The second kappa shape index (κ2) is 4.73. The van der Waals surface area contributed by atoms with E-state index in [1.165, 1.54) is 13.1 Å². The van der Waals surface area contributed by atoms with Crippen LogP contribution >= 0.6 is 11.6 Å². The van der Waals surface area contributed by atoms with E-state index < -0.39 is 11.6 Å². The lowest BCUT2D eigenvalue weighted by Gasteiger charge is -2.10. The maximum Gasteiger partial charge on any atom is 0.224 e. The third-order valence-corrected chi connectivity index (χ3v) is 2.47. The highest BCUT2D eigenvalue weighted by Crippen LogP contribution is 2.25. The number of aromatic nitrogens is 2. The van der Waals surface area contributed by atoms with E-state index in [1.807, 2.05) is 0 Å². The molecular formula is C11H9ClF2N4. The van der Waals surface area contributed by atoms with Gasteiger partial charge in [0.1, 0.15) is 11.6 Å². The fraction of sp³-hybridized carbons (Fsp3) is 0.0909. The van der Waals surface area contributed by atoms with Crippen LogP contribution in [0.2, 0.25) is 5.28 Å². The molecule has 0 bridgehead atoms. The Hall–Kier alpha value is -1.95. The SMILES string of the molecule is Cc1cc(F)c(Nc2nc(Cl)ncc2N)cc1F. The molecule has 0 amide bonds. The molecule has 4 nitrogen and oxygen atoms in total. The van der Waals surface area contributed by atoms with Crippen molar-refractivity contribution in [2.45, 2.75) is 6.92 Å². The van der Waals surface area contributed by atoms with Crippen LogP contribution in [0.4, 0.5) is 26.0 Å². The molecule has 0 unspecified atom stereocenters. The van der Waals surface area contributed by atoms with Crippen LogP contribution in [0.3, 0.4) is 0 Å². The van der Waals surface area contributed by atoms with Crippen LogP contribution in [0, 0.1) is 18.6 Å². The molecule has 1 aromatic heterocycles. The van der Waals surface area contributed by atoms with Crippen molar-refractivity contribution in [2.24, 2.45) is 0 Å². The highest BCUT2D eigenvalue weighted by molar-refractivity contribution is 6.28. The number of hydrogen-bond donors (Lipinski definition) is 2. The summed E-state index contributed by atoms with van der Waals surface area (Å²) in [5, 5.41) is 2.53. The summed E-state index contributed by atoms with van der Waals surface area (Å²) in [6, 6.07) is 2.11. The first-order chi connectivity index (χ1) is 8.47. The summed E-state index contributed by atoms with van der Waals surface area (Å²) >= 11 is 5.59. The van der Waals surface area contributed by atoms with Gasteiger partial charge >= 0.3 is 0 Å². The van der Waals surface area contributed by atoms with Crippen LogP contribution in [0.25, 0.3) is 0 Å². The van der Waals surface area contributed by atoms with E-state index in [0.717, 1.165) is 12.1 Å². The molecular weight excluding hydrogens is 262 g/mol. The van der Waals surface area contributed by atoms with Crippen LogP contribution in [-0.4, -0.2) is 9.97 Å². The highest BCUT2D eigenvalue weighted by Gasteiger charge is 2.10. The first kappa shape index (κ1) is 12.5. The minimum absolute atomic E-state index is 0.0420. The zero-order valence-corrected chi connectivity index (χ0v) is 10.1. The molecule has 2 rings (SSSR count). The maximum atomic E-state index is 13.6. The minimum atomic E-state index is -0.608. The van der Waals surface area contributed by atoms with Gasteiger partial charge in [0.25, 0.3) is 0 Å². The Morgan fingerprint density at radius 3 is 2.72 bits per heavy atom. The predicted molar refractivity (Wildman–Crippen MR) is 65.8 cm³/mol. The first-order valence-corrected chi connectivity index (χ1v) is 5.36. The fourth-order valence-corrected chi connectivity index (χ4v) is 1.47. The number of nitrogens with zero attached hydrogens (tertiary/aromatic N) is 2. The van der Waals surface area contributed by atoms with E-state index in [1.54, 1.807) is 0 Å². The van der Waals surface area contributed by atoms with E-state index in [9.17, 15) is 8.78 Å². The molecule has 7 heteroatoms. The van der Waals surface area contributed by atoms with Gasteiger partial charge in [-0.25, -0.2) is 13.8 Å². The van der Waals surface area contributed by atoms with Gasteiger partial charge < -0.3 is 11.1 Å². The fourth-order valence-electron chi connectivity index (χ4n) is 1.34. The van der Waals surface area contributed by atoms with Crippen LogP contribution in [0.15, 0.2) is 18.3 Å². The number of anilines is 3. The molecule has 3 N–H and O–H groups in total. The highest BCUT2D eigenvalue weighted by atomic mass is 35.5. The first-order valence-electron chi connectivity index (χ1n) is 4.98. The van der Waals surface area contributed by atoms with Crippen molar-refractivity contribution in [1.82, 2.24) is 9.97 Å². The number of halogens is 3. The predicted octanol–water partition coefficient (Wildman–Crippen LogP) is 3.04. The molecule has 1 aromatic carbocycles. The summed E-state index contributed by atoms with van der Waals surface area (Å²) in [5.74, 6) is -1.02. The lowest BCUT2D eigenvalue weighted by molar-refractivity contribution is 0.595. The Bertz CT molecular complexity index is 604. The summed E-state index contributed by atoms with van der Waals surface area (Å²) in [6.07, 6.45) is 1.28. The summed E-state index contributed by atoms with van der Waals surface area (Å²) in [4.78, 5) is 7.45. The molecule has 0 fully saturated rings. The molecule has 94 valence electrons. The van der Waals surface area contributed by atoms with E-state index in [2.05, 4.69) is 15.3 Å². The molecule has 0 saturated heterocycles. The Kier molecular flexibility index (Phi) is 3.29. The standard InChI is InChI=1S/C11H9ClF2N4/c1-5-2-7(14)9(3-6(5)13)17-10-8(15)4-16-11(12)18-10/h2-4H,15H2,1H3,(H,16,17,18). The van der Waals surface area contributed by atoms with Gasteiger partial charge in [-0.2, -0.15) is 4.98 Å². The van der Waals surface area contributed by atoms with Crippen molar-refractivity contribution in [3.63, 3.8) is 0 Å². The molecule has 0 aliphatic heterocycles. The normalized spacial score (nSPS) is 10.4. The summed E-state index contributed by atoms with van der Waals surface area (Å²) in [6.45, 7) is 1.47. The van der Waals surface area contributed by atoms with Crippen LogP contribution in [-0.2, 0) is 0 Å². The Morgan fingerprint density at radius 2 is 2.00 bits per heavy atom. The maximum absolute atomic E-state index is 13.6. The van der Waals surface area contributed by atoms with Crippen LogP contribution in [0.5, 0.6) is 0 Å². The van der Waals surface area contributed by atoms with E-state index >= 15 is 0 Å². The van der Waals surface area contributed by atoms with Crippen molar-refractivity contribution in [2.75, 3.05) is 11.1 Å². The number of nitrogens with one attached hydrogen (secondary N) is 1. The number of benzene rings is 1. The summed E-state index contributed by atoms with van der Waals surface area (Å²) in [7, 11) is 0. The van der Waals surface area contributed by atoms with Gasteiger partial charge in [-0.3, -0.25) is 0 Å². The Balaban J connectivity index is 2.40. The van der Waals surface area contributed by atoms with Crippen molar-refractivity contribution in [3.05, 3.63) is 40.8 Å². The van der Waals surface area contributed by atoms with E-state index in [4.69, 9.17) is 17.3 Å². The smallest absolute Gasteiger partial charge is 0.224 e. The third kappa shape index (κ3) is 2.48. The van der Waals surface area contributed by atoms with Gasteiger partial charge in [0.05, 0.1) is 17.6 Å². The van der Waals surface area contributed by atoms with Crippen molar-refractivity contribution in [3.8, 4) is 0 Å². The average molecular weight is 271 g/mol. The Morgan fingerprint density at radius 1 is 1.28 bits per heavy atom. The lowest BCUT2D eigenvalue weighted by atomic mass is 10.2. The summed E-state index contributed by atoms with van der Waals surface area (Å²) < 4.78 is 26.9. The third-order valence-electron chi connectivity index (χ3n) is 2.29. The molecule has 1 heterocycles. The number of nitrogens with two attached hydrogens (primary N) is 1. The monoisotopic (exact) mass is 270 g/mol. The van der Waals surface area contributed by atoms with Gasteiger partial charge in [0, 0.05) is 6.07 Å². The van der Waals surface area contributed by atoms with Gasteiger partial charge in [-0.05, 0) is 30.2 Å². The molecule has 0 atom stereocenters. The van der Waals surface area contributed by atoms with Gasteiger partial charge in [-0.15, -0.1) is 0 Å². The number of nitrogen functional groups attached to an aromatic ring is 1. The molecule has 0 spiro atoms. The minimum Gasteiger partial charge on any atom is -0.394 e. The van der Waals surface area contributed by atoms with E-state index in [0.29, 0.717) is 0 Å². The van der Waals surface area contributed by atoms with Gasteiger partial charge in [-0.1, -0.05) is 0 Å². The quantitative estimate of drug-likeness (QED) is 0.823.